The Morgan fingerprint density at radius 1 is 0.826 bits per heavy atom. The fourth-order valence-electron chi connectivity index (χ4n) is 4.99. The number of carbonyl (C=O) groups is 2. The molecule has 0 saturated heterocycles. The van der Waals surface area contributed by atoms with Crippen LogP contribution in [0.5, 0.6) is 0 Å². The molecule has 1 atom stereocenters. The predicted molar refractivity (Wildman–Crippen MR) is 186 cm³/mol. The van der Waals surface area contributed by atoms with Crippen LogP contribution in [-0.4, -0.2) is 43.3 Å². The summed E-state index contributed by atoms with van der Waals surface area (Å²) in [5.74, 6) is -1.04. The molecule has 0 radical (unpaired) electrons. The Hall–Kier alpha value is -3.56. The summed E-state index contributed by atoms with van der Waals surface area (Å²) in [6.45, 7) is 6.49. The number of benzene rings is 4. The Labute approximate surface area is 286 Å². The average molecular weight is 701 g/mol. The van der Waals surface area contributed by atoms with Crippen LogP contribution in [0.1, 0.15) is 37.5 Å². The van der Waals surface area contributed by atoms with Crippen molar-refractivity contribution in [3.8, 4) is 0 Å². The van der Waals surface area contributed by atoms with Crippen molar-refractivity contribution in [3.05, 3.63) is 129 Å². The summed E-state index contributed by atoms with van der Waals surface area (Å²) in [7, 11) is -4.25. The number of hydrogen-bond acceptors (Lipinski definition) is 4. The zero-order valence-corrected chi connectivity index (χ0v) is 29.1. The molecule has 2 amide bonds. The highest BCUT2D eigenvalue weighted by atomic mass is 35.5. The second-order valence-corrected chi connectivity index (χ2v) is 15.0. The van der Waals surface area contributed by atoms with Gasteiger partial charge < -0.3 is 10.2 Å². The molecule has 0 aliphatic rings. The Morgan fingerprint density at radius 3 is 1.98 bits per heavy atom. The van der Waals surface area contributed by atoms with Gasteiger partial charge >= 0.3 is 0 Å². The number of carbonyl (C=O) groups excluding carboxylic acids is 2. The molecule has 46 heavy (non-hydrogen) atoms. The lowest BCUT2D eigenvalue weighted by Crippen LogP contribution is -2.56. The Kier molecular flexibility index (Phi) is 11.4. The summed E-state index contributed by atoms with van der Waals surface area (Å²) < 4.78 is 29.4. The molecule has 0 spiro atoms. The molecule has 0 aromatic heterocycles. The van der Waals surface area contributed by atoms with E-state index in [1.54, 1.807) is 61.5 Å². The van der Waals surface area contributed by atoms with Gasteiger partial charge in [0.1, 0.15) is 12.6 Å². The minimum Gasteiger partial charge on any atom is -0.350 e. The molecule has 242 valence electrons. The molecule has 0 aliphatic carbocycles. The topological polar surface area (TPSA) is 86.8 Å². The lowest BCUT2D eigenvalue weighted by atomic mass is 10.0. The number of aryl methyl sites for hydroxylation is 1. The highest BCUT2D eigenvalue weighted by molar-refractivity contribution is 7.92. The van der Waals surface area contributed by atoms with E-state index in [1.807, 2.05) is 51.1 Å². The van der Waals surface area contributed by atoms with Gasteiger partial charge in [-0.05, 0) is 81.3 Å². The maximum atomic E-state index is 14.6. The van der Waals surface area contributed by atoms with E-state index in [1.165, 1.54) is 17.0 Å². The standard InChI is InChI=1S/C35H36Cl3N3O4S/c1-24-20-26(36)18-19-31(24)41(46(44,45)27-14-9-6-10-15-27)23-33(42)40(22-28-29(37)16-11-17-30(28)38)32(34(43)39-35(2,3)4)21-25-12-7-5-8-13-25/h5-20,32H,21-23H2,1-4H3,(H,39,43)/t32-/m1/s1. The van der Waals surface area contributed by atoms with Crippen molar-refractivity contribution in [3.63, 3.8) is 0 Å². The third-order valence-electron chi connectivity index (χ3n) is 7.20. The van der Waals surface area contributed by atoms with E-state index in [4.69, 9.17) is 34.8 Å². The molecule has 11 heteroatoms. The smallest absolute Gasteiger partial charge is 0.264 e. The first kappa shape index (κ1) is 35.3. The van der Waals surface area contributed by atoms with E-state index >= 15 is 0 Å². The van der Waals surface area contributed by atoms with Crippen LogP contribution in [-0.2, 0) is 32.6 Å². The van der Waals surface area contributed by atoms with Gasteiger partial charge in [-0.2, -0.15) is 0 Å². The first-order valence-corrected chi connectivity index (χ1v) is 17.2. The number of nitrogens with one attached hydrogen (secondary N) is 1. The lowest BCUT2D eigenvalue weighted by molar-refractivity contribution is -0.140. The van der Waals surface area contributed by atoms with E-state index in [-0.39, 0.29) is 23.5 Å². The number of nitrogens with zero attached hydrogens (tertiary/aromatic N) is 2. The molecule has 0 bridgehead atoms. The minimum atomic E-state index is -4.25. The molecule has 1 N–H and O–H groups in total. The number of rotatable bonds is 11. The van der Waals surface area contributed by atoms with Gasteiger partial charge in [-0.1, -0.05) is 89.4 Å². The molecule has 0 fully saturated rings. The van der Waals surface area contributed by atoms with Crippen LogP contribution in [0.2, 0.25) is 15.1 Å². The number of hydrogen-bond donors (Lipinski definition) is 1. The molecule has 4 aromatic rings. The van der Waals surface area contributed by atoms with E-state index in [0.717, 1.165) is 9.87 Å². The number of amides is 2. The van der Waals surface area contributed by atoms with Crippen LogP contribution in [0.15, 0.2) is 102 Å². The van der Waals surface area contributed by atoms with Crippen LogP contribution in [0, 0.1) is 6.92 Å². The zero-order chi connectivity index (χ0) is 33.6. The average Bonchev–Trinajstić information content (AvgIpc) is 2.99. The number of halogens is 3. The molecule has 4 aromatic carbocycles. The predicted octanol–water partition coefficient (Wildman–Crippen LogP) is 7.71. The molecule has 4 rings (SSSR count). The van der Waals surface area contributed by atoms with Crippen molar-refractivity contribution in [2.75, 3.05) is 10.8 Å². The van der Waals surface area contributed by atoms with Gasteiger partial charge in [-0.15, -0.1) is 0 Å². The van der Waals surface area contributed by atoms with Crippen molar-refractivity contribution in [1.29, 1.82) is 0 Å². The first-order valence-electron chi connectivity index (χ1n) is 14.6. The summed E-state index contributed by atoms with van der Waals surface area (Å²) in [6, 6.07) is 25.9. The summed E-state index contributed by atoms with van der Waals surface area (Å²) in [6.07, 6.45) is 0.155. The maximum absolute atomic E-state index is 14.6. The molecular formula is C35H36Cl3N3O4S. The second-order valence-electron chi connectivity index (χ2n) is 11.9. The summed E-state index contributed by atoms with van der Waals surface area (Å²) in [5, 5.41) is 4.03. The van der Waals surface area contributed by atoms with Crippen LogP contribution in [0.3, 0.4) is 0 Å². The summed E-state index contributed by atoms with van der Waals surface area (Å²) in [4.78, 5) is 30.0. The van der Waals surface area contributed by atoms with Gasteiger partial charge in [0, 0.05) is 39.1 Å². The molecule has 0 aliphatic heterocycles. The van der Waals surface area contributed by atoms with Gasteiger partial charge in [-0.3, -0.25) is 13.9 Å². The molecule has 0 unspecified atom stereocenters. The van der Waals surface area contributed by atoms with E-state index in [2.05, 4.69) is 5.32 Å². The van der Waals surface area contributed by atoms with Crippen LogP contribution >= 0.6 is 34.8 Å². The van der Waals surface area contributed by atoms with Gasteiger partial charge in [0.05, 0.1) is 10.6 Å². The van der Waals surface area contributed by atoms with Gasteiger partial charge in [-0.25, -0.2) is 8.42 Å². The van der Waals surface area contributed by atoms with Crippen molar-refractivity contribution in [2.24, 2.45) is 0 Å². The summed E-state index contributed by atoms with van der Waals surface area (Å²) in [5.41, 5.74) is 1.44. The Balaban J connectivity index is 1.87. The third-order valence-corrected chi connectivity index (χ3v) is 9.91. The minimum absolute atomic E-state index is 0.00385. The monoisotopic (exact) mass is 699 g/mol. The fourth-order valence-corrected chi connectivity index (χ4v) is 7.24. The Bertz CT molecular complexity index is 1780. The van der Waals surface area contributed by atoms with Gasteiger partial charge in [0.25, 0.3) is 10.0 Å². The quantitative estimate of drug-likeness (QED) is 0.174. The fraction of sp³-hybridized carbons (Fsp3) is 0.257. The van der Waals surface area contributed by atoms with Crippen molar-refractivity contribution < 1.29 is 18.0 Å². The van der Waals surface area contributed by atoms with Gasteiger partial charge in [0.2, 0.25) is 11.8 Å². The van der Waals surface area contributed by atoms with Crippen molar-refractivity contribution in [2.45, 2.75) is 57.1 Å². The molecule has 0 heterocycles. The summed E-state index contributed by atoms with van der Waals surface area (Å²) >= 11 is 19.4. The van der Waals surface area contributed by atoms with Crippen LogP contribution < -0.4 is 9.62 Å². The highest BCUT2D eigenvalue weighted by Gasteiger charge is 2.36. The van der Waals surface area contributed by atoms with Gasteiger partial charge in [0.15, 0.2) is 0 Å². The normalized spacial score (nSPS) is 12.3. The number of anilines is 1. The second kappa shape index (κ2) is 14.9. The largest absolute Gasteiger partial charge is 0.350 e. The van der Waals surface area contributed by atoms with Crippen molar-refractivity contribution in [1.82, 2.24) is 10.2 Å². The van der Waals surface area contributed by atoms with E-state index in [9.17, 15) is 18.0 Å². The SMILES string of the molecule is Cc1cc(Cl)ccc1N(CC(=O)N(Cc1c(Cl)cccc1Cl)[C@H](Cc1ccccc1)C(=O)NC(C)(C)C)S(=O)(=O)c1ccccc1. The van der Waals surface area contributed by atoms with E-state index in [0.29, 0.717) is 26.2 Å². The van der Waals surface area contributed by atoms with Crippen LogP contribution in [0.4, 0.5) is 5.69 Å². The van der Waals surface area contributed by atoms with Crippen LogP contribution in [0.25, 0.3) is 0 Å². The third kappa shape index (κ3) is 8.82. The molecule has 7 nitrogen and oxygen atoms in total. The zero-order valence-electron chi connectivity index (χ0n) is 26.0. The number of sulfonamides is 1. The highest BCUT2D eigenvalue weighted by Crippen LogP contribution is 2.31. The molecular weight excluding hydrogens is 665 g/mol. The maximum Gasteiger partial charge on any atom is 0.264 e. The van der Waals surface area contributed by atoms with E-state index < -0.39 is 40.0 Å². The Morgan fingerprint density at radius 2 is 1.41 bits per heavy atom. The lowest BCUT2D eigenvalue weighted by Gasteiger charge is -2.36. The first-order chi connectivity index (χ1) is 21.7. The van der Waals surface area contributed by atoms with Crippen molar-refractivity contribution >= 4 is 62.3 Å². The molecule has 0 saturated carbocycles.